The normalized spacial score (nSPS) is 44.6. The molecule has 0 radical (unpaired) electrons. The lowest BCUT2D eigenvalue weighted by Crippen LogP contribution is -2.63. The molecule has 146 valence electrons. The van der Waals surface area contributed by atoms with Crippen LogP contribution in [0.15, 0.2) is 0 Å². The van der Waals surface area contributed by atoms with E-state index in [-0.39, 0.29) is 10.5 Å². The third-order valence-electron chi connectivity index (χ3n) is 8.01. The van der Waals surface area contributed by atoms with E-state index in [4.69, 9.17) is 16.5 Å². The second kappa shape index (κ2) is 6.63. The summed E-state index contributed by atoms with van der Waals surface area (Å²) >= 11 is 0. The van der Waals surface area contributed by atoms with Gasteiger partial charge in [0.15, 0.2) is 0 Å². The Bertz CT molecular complexity index is 661. The van der Waals surface area contributed by atoms with Gasteiger partial charge in [-0.25, -0.2) is 0 Å². The molecule has 0 amide bonds. The van der Waals surface area contributed by atoms with Gasteiger partial charge in [0, 0.05) is 11.6 Å². The molecule has 0 N–H and O–H groups in total. The highest BCUT2D eigenvalue weighted by atomic mass is 28.5. The summed E-state index contributed by atoms with van der Waals surface area (Å²) in [7, 11) is -7.01. The van der Waals surface area contributed by atoms with Crippen LogP contribution in [-0.4, -0.2) is 52.3 Å². The van der Waals surface area contributed by atoms with Crippen molar-refractivity contribution in [3.8, 4) is 0 Å². The van der Waals surface area contributed by atoms with E-state index in [1.807, 2.05) is 26.4 Å². The van der Waals surface area contributed by atoms with Gasteiger partial charge in [-0.2, -0.15) is 0 Å². The summed E-state index contributed by atoms with van der Waals surface area (Å²) < 4.78 is 26.4. The Morgan fingerprint density at radius 3 is 1.77 bits per heavy atom. The maximum Gasteiger partial charge on any atom is 0.460 e. The lowest BCUT2D eigenvalue weighted by atomic mass is 9.61. The maximum absolute atomic E-state index is 6.88. The highest BCUT2D eigenvalue weighted by Gasteiger charge is 2.76. The minimum Gasteiger partial charge on any atom is -0.551 e. The Morgan fingerprint density at radius 2 is 1.38 bits per heavy atom. The first-order valence-electron chi connectivity index (χ1n) is 9.79. The first-order valence-corrected chi connectivity index (χ1v) is 16.3. The number of rotatable bonds is 1. The molecule has 3 rings (SSSR count). The Balaban J connectivity index is 2.09. The Labute approximate surface area is 164 Å². The predicted octanol–water partition coefficient (Wildman–Crippen LogP) is 3.42. The summed E-state index contributed by atoms with van der Waals surface area (Å²) in [6, 6.07) is 0. The zero-order valence-electron chi connectivity index (χ0n) is 17.6. The van der Waals surface area contributed by atoms with Gasteiger partial charge >= 0.3 is 35.2 Å². The van der Waals surface area contributed by atoms with Crippen molar-refractivity contribution >= 4 is 52.3 Å². The van der Waals surface area contributed by atoms with Crippen molar-refractivity contribution in [3.63, 3.8) is 0 Å². The van der Waals surface area contributed by atoms with Crippen molar-refractivity contribution in [3.05, 3.63) is 0 Å². The van der Waals surface area contributed by atoms with E-state index in [2.05, 4.69) is 45.6 Å². The van der Waals surface area contributed by atoms with Crippen LogP contribution in [0.4, 0.5) is 0 Å². The molecule has 0 aromatic heterocycles. The lowest BCUT2D eigenvalue weighted by molar-refractivity contribution is 0.0467. The fraction of sp³-hybridized carbons (Fsp3) is 0.833. The van der Waals surface area contributed by atoms with Crippen LogP contribution in [0.25, 0.3) is 0 Å². The van der Waals surface area contributed by atoms with E-state index >= 15 is 0 Å². The van der Waals surface area contributed by atoms with E-state index < -0.39 is 35.2 Å². The highest BCUT2D eigenvalue weighted by molar-refractivity contribution is 6.85. The zero-order valence-corrected chi connectivity index (χ0v) is 21.6. The standard InChI is InChI=1S/C18H34O4Si4/c1-9-23-19-24(10-2)21-26(8,22-25(11-3)20-23)18(7)15-12-13-17(6,14-15)16(18,4)5/h9-11,15H,12-14H2,1-8H3. The fourth-order valence-corrected chi connectivity index (χ4v) is 19.4. The van der Waals surface area contributed by atoms with Crippen LogP contribution < -0.4 is 0 Å². The monoisotopic (exact) mass is 426 g/mol. The zero-order chi connectivity index (χ0) is 19.4. The Kier molecular flexibility index (Phi) is 5.21. The van der Waals surface area contributed by atoms with Crippen LogP contribution >= 0.6 is 0 Å². The summed E-state index contributed by atoms with van der Waals surface area (Å²) in [5.74, 6) is 0.668. The number of hydrogen-bond acceptors (Lipinski definition) is 4. The van der Waals surface area contributed by atoms with Gasteiger partial charge in [0.2, 0.25) is 0 Å². The second-order valence-electron chi connectivity index (χ2n) is 9.00. The third kappa shape index (κ3) is 2.66. The summed E-state index contributed by atoms with van der Waals surface area (Å²) in [6.45, 7) is 18.3. The van der Waals surface area contributed by atoms with Gasteiger partial charge in [-0.3, -0.25) is 0 Å². The summed E-state index contributed by atoms with van der Waals surface area (Å²) in [5.41, 5.74) is 6.81. The predicted molar refractivity (Wildman–Crippen MR) is 116 cm³/mol. The molecule has 0 aromatic carbocycles. The molecule has 3 atom stereocenters. The summed E-state index contributed by atoms with van der Waals surface area (Å²) in [4.78, 5) is 0. The molecule has 3 fully saturated rings. The molecule has 0 aromatic rings. The topological polar surface area (TPSA) is 36.9 Å². The minimum atomic E-state index is -2.58. The van der Waals surface area contributed by atoms with Crippen LogP contribution in [-0.2, 0) is 16.5 Å². The van der Waals surface area contributed by atoms with Crippen molar-refractivity contribution in [2.24, 2.45) is 16.7 Å². The van der Waals surface area contributed by atoms with E-state index in [9.17, 15) is 0 Å². The van der Waals surface area contributed by atoms with Crippen molar-refractivity contribution < 1.29 is 16.5 Å². The minimum absolute atomic E-state index is 0.0533. The van der Waals surface area contributed by atoms with Gasteiger partial charge in [0.25, 0.3) is 0 Å². The average molecular weight is 427 g/mol. The van der Waals surface area contributed by atoms with Gasteiger partial charge < -0.3 is 16.5 Å². The highest BCUT2D eigenvalue weighted by Crippen LogP contribution is 2.78. The molecule has 3 aliphatic rings. The average Bonchev–Trinajstić information content (AvgIpc) is 3.05. The maximum atomic E-state index is 6.88. The summed E-state index contributed by atoms with van der Waals surface area (Å²) in [6.07, 6.45) is 3.91. The Hall–Kier alpha value is -0.322. The van der Waals surface area contributed by atoms with Crippen molar-refractivity contribution in [2.45, 2.75) is 79.3 Å². The smallest absolute Gasteiger partial charge is 0.460 e. The second-order valence-corrected chi connectivity index (χ2v) is 18.8. The molecule has 1 saturated heterocycles. The largest absolute Gasteiger partial charge is 0.551 e. The molecule has 26 heavy (non-hydrogen) atoms. The lowest BCUT2D eigenvalue weighted by Gasteiger charge is -2.57. The molecule has 4 nitrogen and oxygen atoms in total. The van der Waals surface area contributed by atoms with Crippen LogP contribution in [0.3, 0.4) is 0 Å². The first-order chi connectivity index (χ1) is 12.1. The molecular formula is C18H34O4Si4. The molecular weight excluding hydrogens is 393 g/mol. The van der Waals surface area contributed by atoms with Crippen LogP contribution in [0, 0.1) is 16.7 Å². The quantitative estimate of drug-likeness (QED) is 0.602. The molecule has 0 spiro atoms. The van der Waals surface area contributed by atoms with E-state index in [0.717, 1.165) is 0 Å². The van der Waals surface area contributed by atoms with Gasteiger partial charge in [0.1, 0.15) is 0 Å². The van der Waals surface area contributed by atoms with Crippen molar-refractivity contribution in [1.29, 1.82) is 0 Å². The molecule has 2 aliphatic carbocycles. The van der Waals surface area contributed by atoms with Crippen LogP contribution in [0.1, 0.15) is 67.7 Å². The van der Waals surface area contributed by atoms with Crippen LogP contribution in [0.5, 0.6) is 0 Å². The van der Waals surface area contributed by atoms with E-state index in [1.54, 1.807) is 0 Å². The van der Waals surface area contributed by atoms with Gasteiger partial charge in [-0.05, 0) is 73.8 Å². The molecule has 2 bridgehead atoms. The summed E-state index contributed by atoms with van der Waals surface area (Å²) in [5, 5.41) is 0.0533. The van der Waals surface area contributed by atoms with Crippen molar-refractivity contribution in [2.75, 3.05) is 0 Å². The molecule has 8 heteroatoms. The molecule has 1 heterocycles. The van der Waals surface area contributed by atoms with Gasteiger partial charge in [-0.1, -0.05) is 27.7 Å². The number of hydrogen-bond donors (Lipinski definition) is 0. The first kappa shape index (κ1) is 20.4. The van der Waals surface area contributed by atoms with Gasteiger partial charge in [-0.15, -0.1) is 0 Å². The third-order valence-corrected chi connectivity index (χ3v) is 20.3. The van der Waals surface area contributed by atoms with E-state index in [1.165, 1.54) is 19.3 Å². The van der Waals surface area contributed by atoms with E-state index in [0.29, 0.717) is 11.3 Å². The molecule has 1 aliphatic heterocycles. The molecule has 2 saturated carbocycles. The van der Waals surface area contributed by atoms with Gasteiger partial charge in [0.05, 0.1) is 0 Å². The van der Waals surface area contributed by atoms with Crippen LogP contribution in [0.2, 0.25) is 11.6 Å². The van der Waals surface area contributed by atoms with Crippen molar-refractivity contribution in [1.82, 2.24) is 0 Å². The SMILES string of the molecule is CC=[Si]1O[Si](=CC)O[Si](C)(C2(C)C3CCC(C)(C3)C2(C)C)O[Si](=CC)O1. The fourth-order valence-electron chi connectivity index (χ4n) is 5.61. The Morgan fingerprint density at radius 1 is 0.885 bits per heavy atom. The number of fused-ring (bicyclic) bond motifs is 2. The molecule has 3 unspecified atom stereocenters.